The minimum Gasteiger partial charge on any atom is -0.357 e. The first-order chi connectivity index (χ1) is 16.2. The number of nitrogens with one attached hydrogen (secondary N) is 1. The lowest BCUT2D eigenvalue weighted by molar-refractivity contribution is -0.116. The van der Waals surface area contributed by atoms with E-state index < -0.39 is 0 Å². The summed E-state index contributed by atoms with van der Waals surface area (Å²) in [5.41, 5.74) is 4.71. The van der Waals surface area contributed by atoms with Crippen LogP contribution in [0, 0.1) is 5.41 Å². The van der Waals surface area contributed by atoms with Crippen LogP contribution in [-0.4, -0.2) is 41.3 Å². The number of carbonyl (C=O) groups excluding carboxylic acids is 1. The molecule has 1 N–H and O–H groups in total. The molecule has 0 aliphatic carbocycles. The normalized spacial score (nSPS) is 22.4. The Kier molecular flexibility index (Phi) is 8.84. The number of aromatic nitrogens is 1. The molecule has 1 fully saturated rings. The molecule has 7 heteroatoms. The molecular weight excluding hydrogens is 446 g/mol. The van der Waals surface area contributed by atoms with E-state index in [1.165, 1.54) is 0 Å². The number of alkyl halides is 1. The molecule has 0 bridgehead atoms. The van der Waals surface area contributed by atoms with Gasteiger partial charge in [0.15, 0.2) is 0 Å². The topological polar surface area (TPSA) is 70.0 Å². The third-order valence-electron chi connectivity index (χ3n) is 6.28. The number of piperidine rings is 1. The zero-order valence-corrected chi connectivity index (χ0v) is 21.7. The van der Waals surface area contributed by atoms with Crippen molar-refractivity contribution in [2.24, 2.45) is 15.4 Å². The van der Waals surface area contributed by atoms with Gasteiger partial charge in [0.2, 0.25) is 0 Å². The van der Waals surface area contributed by atoms with Gasteiger partial charge >= 0.3 is 0 Å². The predicted octanol–water partition coefficient (Wildman–Crippen LogP) is 5.80. The molecule has 3 heterocycles. The van der Waals surface area contributed by atoms with E-state index in [9.17, 15) is 4.79 Å². The van der Waals surface area contributed by atoms with E-state index in [2.05, 4.69) is 39.3 Å². The molecule has 0 saturated carbocycles. The van der Waals surface area contributed by atoms with Crippen LogP contribution in [0.2, 0.25) is 0 Å². The summed E-state index contributed by atoms with van der Waals surface area (Å²) in [6.45, 7) is 11.8. The van der Waals surface area contributed by atoms with E-state index in [1.54, 1.807) is 0 Å². The lowest BCUT2D eigenvalue weighted by atomic mass is 9.82. The highest BCUT2D eigenvalue weighted by molar-refractivity contribution is 6.21. The van der Waals surface area contributed by atoms with E-state index in [0.717, 1.165) is 85.0 Å². The van der Waals surface area contributed by atoms with Gasteiger partial charge < -0.3 is 15.0 Å². The first kappa shape index (κ1) is 25.9. The van der Waals surface area contributed by atoms with Crippen molar-refractivity contribution < 1.29 is 4.79 Å². The molecular formula is C27H36ClN5O. The van der Waals surface area contributed by atoms with E-state index >= 15 is 0 Å². The van der Waals surface area contributed by atoms with Gasteiger partial charge in [0.1, 0.15) is 17.9 Å². The van der Waals surface area contributed by atoms with Gasteiger partial charge in [-0.25, -0.2) is 9.98 Å². The average Bonchev–Trinajstić information content (AvgIpc) is 2.82. The average molecular weight is 482 g/mol. The van der Waals surface area contributed by atoms with Crippen molar-refractivity contribution in [3.8, 4) is 0 Å². The summed E-state index contributed by atoms with van der Waals surface area (Å²) in [5, 5.41) is 3.35. The number of hydrogen-bond acceptors (Lipinski definition) is 6. The number of allylic oxidation sites excluding steroid dienone is 2. The number of pyridine rings is 1. The van der Waals surface area contributed by atoms with Crippen LogP contribution in [0.3, 0.4) is 0 Å². The Morgan fingerprint density at radius 2 is 2.06 bits per heavy atom. The predicted molar refractivity (Wildman–Crippen MR) is 143 cm³/mol. The number of aldehydes is 1. The zero-order chi connectivity index (χ0) is 24.7. The number of hydrogen-bond donors (Lipinski definition) is 1. The summed E-state index contributed by atoms with van der Waals surface area (Å²) in [6.07, 6.45) is 12.4. The van der Waals surface area contributed by atoms with Crippen LogP contribution < -0.4 is 10.2 Å². The minimum absolute atomic E-state index is 0.0516. The molecule has 0 spiro atoms. The summed E-state index contributed by atoms with van der Waals surface area (Å²) >= 11 is 6.18. The molecule has 3 rings (SSSR count). The molecule has 182 valence electrons. The van der Waals surface area contributed by atoms with Crippen LogP contribution in [0.4, 0.5) is 5.82 Å². The van der Waals surface area contributed by atoms with Gasteiger partial charge in [-0.1, -0.05) is 19.9 Å². The van der Waals surface area contributed by atoms with Crippen LogP contribution >= 0.6 is 11.6 Å². The number of aliphatic imine (C=N–C) groups is 2. The lowest BCUT2D eigenvalue weighted by Gasteiger charge is -2.36. The molecule has 0 aromatic carbocycles. The smallest absolute Gasteiger partial charge is 0.134 e. The highest BCUT2D eigenvalue weighted by Gasteiger charge is 2.30. The fraction of sp³-hybridized carbons (Fsp3) is 0.481. The summed E-state index contributed by atoms with van der Waals surface area (Å²) in [7, 11) is 0. The zero-order valence-electron chi connectivity index (χ0n) is 20.9. The van der Waals surface area contributed by atoms with Crippen molar-refractivity contribution in [3.05, 3.63) is 59.2 Å². The van der Waals surface area contributed by atoms with Crippen molar-refractivity contribution in [1.82, 2.24) is 10.3 Å². The highest BCUT2D eigenvalue weighted by atomic mass is 35.5. The van der Waals surface area contributed by atoms with Crippen LogP contribution in [0.15, 0.2) is 63.6 Å². The quantitative estimate of drug-likeness (QED) is 0.303. The van der Waals surface area contributed by atoms with E-state index in [1.807, 2.05) is 52.2 Å². The molecule has 1 unspecified atom stereocenters. The largest absolute Gasteiger partial charge is 0.357 e. The van der Waals surface area contributed by atoms with Crippen LogP contribution in [0.25, 0.3) is 0 Å². The molecule has 1 aromatic heterocycles. The number of halogens is 1. The fourth-order valence-electron chi connectivity index (χ4n) is 4.00. The number of amidine groups is 1. The van der Waals surface area contributed by atoms with Crippen molar-refractivity contribution in [2.75, 3.05) is 18.0 Å². The van der Waals surface area contributed by atoms with E-state index in [4.69, 9.17) is 16.6 Å². The number of nitrogens with zero attached hydrogens (tertiary/aromatic N) is 4. The van der Waals surface area contributed by atoms with Crippen LogP contribution in [0.5, 0.6) is 0 Å². The summed E-state index contributed by atoms with van der Waals surface area (Å²) in [5.74, 6) is 1.74. The Labute approximate surface area is 208 Å². The maximum atomic E-state index is 11.3. The molecule has 1 saturated heterocycles. The molecule has 0 radical (unpaired) electrons. The Morgan fingerprint density at radius 3 is 2.65 bits per heavy atom. The second kappa shape index (κ2) is 11.6. The van der Waals surface area contributed by atoms with E-state index in [0.29, 0.717) is 0 Å². The first-order valence-electron chi connectivity index (χ1n) is 12.0. The summed E-state index contributed by atoms with van der Waals surface area (Å²) in [4.78, 5) is 27.6. The lowest BCUT2D eigenvalue weighted by Crippen LogP contribution is -2.39. The van der Waals surface area contributed by atoms with Crippen LogP contribution in [0.1, 0.15) is 65.9 Å². The third kappa shape index (κ3) is 6.89. The monoisotopic (exact) mass is 481 g/mol. The van der Waals surface area contributed by atoms with Gasteiger partial charge in [0.05, 0.1) is 5.38 Å². The fourth-order valence-corrected chi connectivity index (χ4v) is 4.15. The van der Waals surface area contributed by atoms with Gasteiger partial charge in [-0.05, 0) is 58.2 Å². The number of rotatable bonds is 7. The second-order valence-electron chi connectivity index (χ2n) is 9.43. The maximum absolute atomic E-state index is 11.3. The number of carbonyl (C=O) groups is 1. The molecule has 6 nitrogen and oxygen atoms in total. The van der Waals surface area contributed by atoms with Crippen molar-refractivity contribution in [1.29, 1.82) is 0 Å². The Hall–Kier alpha value is -2.73. The molecule has 2 aliphatic rings. The molecule has 1 aromatic rings. The van der Waals surface area contributed by atoms with Gasteiger partial charge in [-0.3, -0.25) is 4.99 Å². The molecule has 2 aliphatic heterocycles. The second-order valence-corrected chi connectivity index (χ2v) is 10.1. The van der Waals surface area contributed by atoms with Crippen molar-refractivity contribution in [3.63, 3.8) is 0 Å². The van der Waals surface area contributed by atoms with Crippen molar-refractivity contribution >= 4 is 35.3 Å². The van der Waals surface area contributed by atoms with Crippen LogP contribution in [-0.2, 0) is 4.79 Å². The maximum Gasteiger partial charge on any atom is 0.134 e. The summed E-state index contributed by atoms with van der Waals surface area (Å²) in [6, 6.07) is 4.09. The summed E-state index contributed by atoms with van der Waals surface area (Å²) < 4.78 is 0. The third-order valence-corrected chi connectivity index (χ3v) is 6.41. The van der Waals surface area contributed by atoms with Gasteiger partial charge in [0.25, 0.3) is 0 Å². The Bertz CT molecular complexity index is 1030. The molecule has 34 heavy (non-hydrogen) atoms. The highest BCUT2D eigenvalue weighted by Crippen LogP contribution is 2.30. The minimum atomic E-state index is -0.201. The molecule has 0 amide bonds. The standard InChI is InChI=1S/C27H36ClN5O/c1-6-7-23-15-24(14-20(3)28)32-26(31-23)19(2)16-29-21(4)22-8-9-25(30-17-22)33-12-10-27(5,18-34)11-13-33/h7-9,14,16-18,20H,6,10-13,15H2,1-5H3,(H,31,32)/b19-16+,23-7+,24-14+,29-21?. The van der Waals surface area contributed by atoms with Gasteiger partial charge in [-0.15, -0.1) is 11.6 Å². The molecule has 1 atom stereocenters. The SMILES string of the molecule is CC/C=C1\C/C(=C\C(C)Cl)NC(C(/C)=C/N=C(C)c2ccc(N3CCC(C)(C=O)CC3)nc2)=N1. The Balaban J connectivity index is 1.71. The Morgan fingerprint density at radius 1 is 1.32 bits per heavy atom. The van der Waals surface area contributed by atoms with E-state index in [-0.39, 0.29) is 10.8 Å². The van der Waals surface area contributed by atoms with Crippen molar-refractivity contribution in [2.45, 2.75) is 65.7 Å². The van der Waals surface area contributed by atoms with Gasteiger partial charge in [-0.2, -0.15) is 0 Å². The first-order valence-corrected chi connectivity index (χ1v) is 12.5. The van der Waals surface area contributed by atoms with Gasteiger partial charge in [0, 0.05) is 65.6 Å². The number of anilines is 1.